The SMILES string of the molecule is COc1cc(OC)c(OC)c2c1N=C1OC[C@H]3[C@H]4C[C@@H]5N(C/C4=C\CO)[C@H]3C[C@@]125. The summed E-state index contributed by atoms with van der Waals surface area (Å²) >= 11 is 0. The van der Waals surface area contributed by atoms with E-state index in [2.05, 4.69) is 4.90 Å². The molecule has 7 heteroatoms. The first-order valence-corrected chi connectivity index (χ1v) is 10.3. The quantitative estimate of drug-likeness (QED) is 0.783. The van der Waals surface area contributed by atoms with Gasteiger partial charge in [0.05, 0.1) is 40.0 Å². The second-order valence-corrected chi connectivity index (χ2v) is 8.66. The normalized spacial score (nSPS) is 39.0. The molecule has 7 rings (SSSR count). The fraction of sp³-hybridized carbons (Fsp3) is 0.591. The lowest BCUT2D eigenvalue weighted by molar-refractivity contribution is -0.0155. The second kappa shape index (κ2) is 5.89. The number of methoxy groups -OCH3 is 3. The van der Waals surface area contributed by atoms with Gasteiger partial charge in [0, 0.05) is 36.2 Å². The Morgan fingerprint density at radius 2 is 2.10 bits per heavy atom. The summed E-state index contributed by atoms with van der Waals surface area (Å²) in [5.74, 6) is 3.80. The van der Waals surface area contributed by atoms with Crippen molar-refractivity contribution in [3.05, 3.63) is 23.3 Å². The molecule has 0 aromatic heterocycles. The van der Waals surface area contributed by atoms with Crippen LogP contribution in [0.1, 0.15) is 18.4 Å². The highest BCUT2D eigenvalue weighted by atomic mass is 16.5. The lowest BCUT2D eigenvalue weighted by Gasteiger charge is -2.54. The van der Waals surface area contributed by atoms with E-state index in [1.165, 1.54) is 5.57 Å². The van der Waals surface area contributed by atoms with E-state index in [-0.39, 0.29) is 12.0 Å². The Bertz CT molecular complexity index is 957. The largest absolute Gasteiger partial charge is 0.494 e. The lowest BCUT2D eigenvalue weighted by atomic mass is 9.68. The van der Waals surface area contributed by atoms with Crippen molar-refractivity contribution in [3.8, 4) is 17.2 Å². The average Bonchev–Trinajstić information content (AvgIpc) is 3.10. The van der Waals surface area contributed by atoms with E-state index < -0.39 is 0 Å². The molecule has 1 spiro atoms. The maximum Gasteiger partial charge on any atom is 0.201 e. The Morgan fingerprint density at radius 1 is 1.28 bits per heavy atom. The molecule has 154 valence electrons. The summed E-state index contributed by atoms with van der Waals surface area (Å²) in [7, 11) is 5.01. The van der Waals surface area contributed by atoms with Crippen LogP contribution < -0.4 is 14.2 Å². The molecule has 1 unspecified atom stereocenters. The third kappa shape index (κ3) is 1.93. The van der Waals surface area contributed by atoms with E-state index in [0.717, 1.165) is 42.3 Å². The highest BCUT2D eigenvalue weighted by Crippen LogP contribution is 2.66. The van der Waals surface area contributed by atoms with E-state index in [4.69, 9.17) is 23.9 Å². The van der Waals surface area contributed by atoms with Crippen molar-refractivity contribution in [3.63, 3.8) is 0 Å². The van der Waals surface area contributed by atoms with E-state index >= 15 is 0 Å². The molecule has 1 N–H and O–H groups in total. The Morgan fingerprint density at radius 3 is 2.83 bits per heavy atom. The van der Waals surface area contributed by atoms with Gasteiger partial charge in [-0.2, -0.15) is 0 Å². The van der Waals surface area contributed by atoms with Gasteiger partial charge >= 0.3 is 0 Å². The number of aliphatic imine (C=N–C) groups is 1. The van der Waals surface area contributed by atoms with Crippen LogP contribution in [0, 0.1) is 11.8 Å². The molecule has 5 fully saturated rings. The minimum atomic E-state index is -0.332. The van der Waals surface area contributed by atoms with Crippen LogP contribution in [0.5, 0.6) is 17.2 Å². The zero-order valence-electron chi connectivity index (χ0n) is 17.0. The van der Waals surface area contributed by atoms with Crippen molar-refractivity contribution in [1.29, 1.82) is 0 Å². The molecular formula is C22H26N2O5. The number of fused-ring (bicyclic) bond motifs is 2. The molecule has 5 saturated heterocycles. The second-order valence-electron chi connectivity index (χ2n) is 8.66. The predicted molar refractivity (Wildman–Crippen MR) is 106 cm³/mol. The van der Waals surface area contributed by atoms with Gasteiger partial charge in [0.2, 0.25) is 5.90 Å². The van der Waals surface area contributed by atoms with Crippen LogP contribution in [0.3, 0.4) is 0 Å². The highest BCUT2D eigenvalue weighted by molar-refractivity contribution is 6.01. The van der Waals surface area contributed by atoms with Crippen LogP contribution in [0.25, 0.3) is 0 Å². The molecule has 1 aromatic rings. The van der Waals surface area contributed by atoms with Crippen LogP contribution in [-0.2, 0) is 10.2 Å². The molecule has 29 heavy (non-hydrogen) atoms. The topological polar surface area (TPSA) is 72.8 Å². The average molecular weight is 398 g/mol. The molecular weight excluding hydrogens is 372 g/mol. The Hall–Kier alpha value is -2.25. The first kappa shape index (κ1) is 17.6. The van der Waals surface area contributed by atoms with Gasteiger partial charge in [-0.25, -0.2) is 4.99 Å². The van der Waals surface area contributed by atoms with Gasteiger partial charge in [-0.15, -0.1) is 0 Å². The van der Waals surface area contributed by atoms with Gasteiger partial charge in [0.1, 0.15) is 11.4 Å². The summed E-state index contributed by atoms with van der Waals surface area (Å²) in [6, 6.07) is 2.60. The van der Waals surface area contributed by atoms with Crippen LogP contribution in [0.2, 0.25) is 0 Å². The van der Waals surface area contributed by atoms with Gasteiger partial charge in [-0.05, 0) is 18.8 Å². The van der Waals surface area contributed by atoms with E-state index in [0.29, 0.717) is 42.0 Å². The number of hydrogen-bond donors (Lipinski definition) is 1. The summed E-state index contributed by atoms with van der Waals surface area (Å²) in [6.07, 6.45) is 4.03. The number of aliphatic hydroxyl groups excluding tert-OH is 1. The van der Waals surface area contributed by atoms with Crippen molar-refractivity contribution in [2.45, 2.75) is 30.3 Å². The summed E-state index contributed by atoms with van der Waals surface area (Å²) in [6.45, 7) is 1.69. The maximum atomic E-state index is 9.49. The summed E-state index contributed by atoms with van der Waals surface area (Å²) in [5.41, 5.74) is 2.90. The van der Waals surface area contributed by atoms with Crippen LogP contribution in [-0.4, -0.2) is 69.1 Å². The van der Waals surface area contributed by atoms with E-state index in [9.17, 15) is 5.11 Å². The Balaban J connectivity index is 1.58. The first-order chi connectivity index (χ1) is 14.2. The van der Waals surface area contributed by atoms with Crippen molar-refractivity contribution in [1.82, 2.24) is 4.90 Å². The molecule has 0 aliphatic carbocycles. The molecule has 0 saturated carbocycles. The smallest absolute Gasteiger partial charge is 0.201 e. The number of hydrogen-bond acceptors (Lipinski definition) is 7. The fourth-order valence-corrected chi connectivity index (χ4v) is 6.84. The third-order valence-electron chi connectivity index (χ3n) is 7.89. The predicted octanol–water partition coefficient (Wildman–Crippen LogP) is 2.04. The summed E-state index contributed by atoms with van der Waals surface area (Å²) in [4.78, 5) is 7.60. The van der Waals surface area contributed by atoms with Crippen LogP contribution in [0.4, 0.5) is 5.69 Å². The first-order valence-electron chi connectivity index (χ1n) is 10.3. The summed E-state index contributed by atoms with van der Waals surface area (Å²) < 4.78 is 23.6. The monoisotopic (exact) mass is 398 g/mol. The molecule has 5 bridgehead atoms. The molecule has 6 aliphatic heterocycles. The maximum absolute atomic E-state index is 9.49. The minimum absolute atomic E-state index is 0.103. The van der Waals surface area contributed by atoms with Gasteiger partial charge in [-0.3, -0.25) is 4.90 Å². The minimum Gasteiger partial charge on any atom is -0.494 e. The fourth-order valence-electron chi connectivity index (χ4n) is 6.84. The molecule has 7 nitrogen and oxygen atoms in total. The third-order valence-corrected chi connectivity index (χ3v) is 7.89. The Kier molecular flexibility index (Phi) is 3.57. The zero-order chi connectivity index (χ0) is 19.9. The van der Waals surface area contributed by atoms with Gasteiger partial charge in [-0.1, -0.05) is 11.6 Å². The van der Waals surface area contributed by atoms with Crippen LogP contribution in [0.15, 0.2) is 22.7 Å². The van der Waals surface area contributed by atoms with Crippen molar-refractivity contribution in [2.75, 3.05) is 41.1 Å². The van der Waals surface area contributed by atoms with E-state index in [1.54, 1.807) is 21.3 Å². The lowest BCUT2D eigenvalue weighted by Crippen LogP contribution is -2.61. The summed E-state index contributed by atoms with van der Waals surface area (Å²) in [5, 5.41) is 9.49. The zero-order valence-corrected chi connectivity index (χ0v) is 17.0. The van der Waals surface area contributed by atoms with Crippen molar-refractivity contribution >= 4 is 11.6 Å². The number of nitrogens with zero attached hydrogens (tertiary/aromatic N) is 2. The van der Waals surface area contributed by atoms with Gasteiger partial charge in [0.15, 0.2) is 11.5 Å². The molecule has 6 atom stereocenters. The molecule has 6 aliphatic rings. The standard InChI is InChI=1S/C22H26N2O5/c1-26-15-7-16(27-2)20(28-3)18-19(15)23-21-22(18)8-14-13(10-29-21)12-6-17(22)24(14)9-11(12)4-5-25/h4,7,12-14,17,25H,5-6,8-10H2,1-3H3/b11-4+/t12-,13-,14-,17-,22-/m0/s1. The van der Waals surface area contributed by atoms with Gasteiger partial charge < -0.3 is 24.1 Å². The molecule has 1 aromatic carbocycles. The highest BCUT2D eigenvalue weighted by Gasteiger charge is 2.70. The van der Waals surface area contributed by atoms with Gasteiger partial charge in [0.25, 0.3) is 0 Å². The number of rotatable bonds is 4. The number of benzene rings is 1. The van der Waals surface area contributed by atoms with Crippen LogP contribution >= 0.6 is 0 Å². The molecule has 0 radical (unpaired) electrons. The molecule has 0 amide bonds. The number of aliphatic hydroxyl groups is 1. The Labute approximate surface area is 169 Å². The number of piperidine rings is 3. The van der Waals surface area contributed by atoms with Crippen molar-refractivity contribution < 1.29 is 24.1 Å². The van der Waals surface area contributed by atoms with Crippen molar-refractivity contribution in [2.24, 2.45) is 16.8 Å². The number of ether oxygens (including phenoxy) is 4. The molecule has 6 heterocycles. The van der Waals surface area contributed by atoms with E-state index in [1.807, 2.05) is 12.1 Å².